The van der Waals surface area contributed by atoms with E-state index in [2.05, 4.69) is 11.5 Å². The maximum Gasteiger partial charge on any atom is 0.189 e. The molecule has 90 valence electrons. The molecule has 3 heteroatoms. The molecule has 0 amide bonds. The Kier molecular flexibility index (Phi) is 4.07. The number of Topliss-reactive ketones (excluding diaryl/α,β-unsaturated/α-hetero) is 1. The fourth-order valence-electron chi connectivity index (χ4n) is 1.89. The molecule has 0 radical (unpaired) electrons. The van der Waals surface area contributed by atoms with Crippen LogP contribution in [0.4, 0.5) is 0 Å². The van der Waals surface area contributed by atoms with Crippen LogP contribution in [0.2, 0.25) is 0 Å². The van der Waals surface area contributed by atoms with Crippen LogP contribution in [0, 0.1) is 0 Å². The summed E-state index contributed by atoms with van der Waals surface area (Å²) in [5.41, 5.74) is 1.36. The number of hydrogen-bond acceptors (Lipinski definition) is 3. The number of ether oxygens (including phenoxy) is 1. The molecule has 1 heterocycles. The number of ketones is 1. The SMILES string of the molecule is C=C(CN1CCOCC1)C(=O)c1ccccc1. The third-order valence-corrected chi connectivity index (χ3v) is 2.88. The predicted molar refractivity (Wildman–Crippen MR) is 67.2 cm³/mol. The summed E-state index contributed by atoms with van der Waals surface area (Å²) in [5.74, 6) is 0.0390. The van der Waals surface area contributed by atoms with E-state index in [1.54, 1.807) is 0 Å². The summed E-state index contributed by atoms with van der Waals surface area (Å²) in [6.07, 6.45) is 0. The molecule has 1 aromatic carbocycles. The van der Waals surface area contributed by atoms with Crippen LogP contribution in [0.15, 0.2) is 42.5 Å². The monoisotopic (exact) mass is 231 g/mol. The first-order chi connectivity index (χ1) is 8.27. The number of rotatable bonds is 4. The fraction of sp³-hybridized carbons (Fsp3) is 0.357. The number of carbonyl (C=O) groups excluding carboxylic acids is 1. The van der Waals surface area contributed by atoms with Crippen molar-refractivity contribution in [3.05, 3.63) is 48.0 Å². The Morgan fingerprint density at radius 1 is 1.24 bits per heavy atom. The van der Waals surface area contributed by atoms with E-state index in [1.807, 2.05) is 30.3 Å². The van der Waals surface area contributed by atoms with Gasteiger partial charge >= 0.3 is 0 Å². The number of carbonyl (C=O) groups is 1. The maximum absolute atomic E-state index is 12.1. The van der Waals surface area contributed by atoms with Crippen LogP contribution < -0.4 is 0 Å². The van der Waals surface area contributed by atoms with E-state index in [4.69, 9.17) is 4.74 Å². The van der Waals surface area contributed by atoms with Crippen LogP contribution in [0.3, 0.4) is 0 Å². The lowest BCUT2D eigenvalue weighted by Gasteiger charge is -2.26. The van der Waals surface area contributed by atoms with E-state index in [0.717, 1.165) is 26.3 Å². The zero-order valence-electron chi connectivity index (χ0n) is 9.89. The van der Waals surface area contributed by atoms with Crippen molar-refractivity contribution in [1.82, 2.24) is 4.90 Å². The van der Waals surface area contributed by atoms with Crippen LogP contribution >= 0.6 is 0 Å². The van der Waals surface area contributed by atoms with Crippen LogP contribution in [-0.4, -0.2) is 43.5 Å². The summed E-state index contributed by atoms with van der Waals surface area (Å²) in [6.45, 7) is 7.77. The highest BCUT2D eigenvalue weighted by Gasteiger charge is 2.15. The van der Waals surface area contributed by atoms with Gasteiger partial charge in [-0.3, -0.25) is 9.69 Å². The molecule has 1 fully saturated rings. The first-order valence-electron chi connectivity index (χ1n) is 5.85. The molecule has 2 rings (SSSR count). The molecule has 0 unspecified atom stereocenters. The Labute approximate surface area is 102 Å². The lowest BCUT2D eigenvalue weighted by Crippen LogP contribution is -2.38. The second kappa shape index (κ2) is 5.75. The Bertz CT molecular complexity index is 394. The zero-order chi connectivity index (χ0) is 12.1. The second-order valence-electron chi connectivity index (χ2n) is 4.19. The minimum Gasteiger partial charge on any atom is -0.379 e. The van der Waals surface area contributed by atoms with Crippen molar-refractivity contribution in [2.75, 3.05) is 32.8 Å². The van der Waals surface area contributed by atoms with E-state index >= 15 is 0 Å². The smallest absolute Gasteiger partial charge is 0.189 e. The summed E-state index contributed by atoms with van der Waals surface area (Å²) < 4.78 is 5.27. The first-order valence-corrected chi connectivity index (χ1v) is 5.85. The number of morpholine rings is 1. The van der Waals surface area contributed by atoms with Gasteiger partial charge in [-0.15, -0.1) is 0 Å². The predicted octanol–water partition coefficient (Wildman–Crippen LogP) is 1.76. The minimum absolute atomic E-state index is 0.0390. The van der Waals surface area contributed by atoms with Crippen molar-refractivity contribution in [1.29, 1.82) is 0 Å². The Morgan fingerprint density at radius 2 is 1.88 bits per heavy atom. The maximum atomic E-state index is 12.1. The largest absolute Gasteiger partial charge is 0.379 e. The lowest BCUT2D eigenvalue weighted by atomic mass is 10.0. The van der Waals surface area contributed by atoms with Crippen molar-refractivity contribution in [2.24, 2.45) is 0 Å². The molecule has 17 heavy (non-hydrogen) atoms. The lowest BCUT2D eigenvalue weighted by molar-refractivity contribution is 0.0418. The van der Waals surface area contributed by atoms with E-state index in [1.165, 1.54) is 0 Å². The van der Waals surface area contributed by atoms with Gasteiger partial charge in [-0.25, -0.2) is 0 Å². The van der Waals surface area contributed by atoms with E-state index in [-0.39, 0.29) is 5.78 Å². The second-order valence-corrected chi connectivity index (χ2v) is 4.19. The number of nitrogens with zero attached hydrogens (tertiary/aromatic N) is 1. The molecule has 0 aliphatic carbocycles. The van der Waals surface area contributed by atoms with E-state index in [0.29, 0.717) is 17.7 Å². The van der Waals surface area contributed by atoms with Gasteiger partial charge in [0.15, 0.2) is 5.78 Å². The number of hydrogen-bond donors (Lipinski definition) is 0. The van der Waals surface area contributed by atoms with Crippen molar-refractivity contribution >= 4 is 5.78 Å². The topological polar surface area (TPSA) is 29.5 Å². The van der Waals surface area contributed by atoms with Gasteiger partial charge in [0.1, 0.15) is 0 Å². The molecule has 0 spiro atoms. The molecular formula is C14H17NO2. The summed E-state index contributed by atoms with van der Waals surface area (Å²) in [6, 6.07) is 9.30. The average molecular weight is 231 g/mol. The summed E-state index contributed by atoms with van der Waals surface area (Å²) in [7, 11) is 0. The van der Waals surface area contributed by atoms with E-state index < -0.39 is 0 Å². The van der Waals surface area contributed by atoms with Gasteiger partial charge in [0.25, 0.3) is 0 Å². The van der Waals surface area contributed by atoms with Crippen LogP contribution in [0.1, 0.15) is 10.4 Å². The van der Waals surface area contributed by atoms with Gasteiger partial charge in [0.2, 0.25) is 0 Å². The van der Waals surface area contributed by atoms with Gasteiger partial charge in [-0.1, -0.05) is 36.9 Å². The molecule has 1 aliphatic rings. The van der Waals surface area contributed by atoms with Gasteiger partial charge < -0.3 is 4.74 Å². The van der Waals surface area contributed by atoms with Crippen molar-refractivity contribution in [2.45, 2.75) is 0 Å². The Balaban J connectivity index is 1.93. The van der Waals surface area contributed by atoms with Crippen LogP contribution in [0.5, 0.6) is 0 Å². The number of benzene rings is 1. The first kappa shape index (κ1) is 12.0. The molecule has 0 aromatic heterocycles. The van der Waals surface area contributed by atoms with Gasteiger partial charge in [0.05, 0.1) is 13.2 Å². The highest BCUT2D eigenvalue weighted by atomic mass is 16.5. The van der Waals surface area contributed by atoms with Crippen molar-refractivity contribution in [3.63, 3.8) is 0 Å². The van der Waals surface area contributed by atoms with Gasteiger partial charge in [-0.05, 0) is 0 Å². The van der Waals surface area contributed by atoms with Crippen molar-refractivity contribution < 1.29 is 9.53 Å². The Morgan fingerprint density at radius 3 is 2.53 bits per heavy atom. The molecule has 3 nitrogen and oxygen atoms in total. The molecule has 0 bridgehead atoms. The fourth-order valence-corrected chi connectivity index (χ4v) is 1.89. The average Bonchev–Trinajstić information content (AvgIpc) is 2.40. The zero-order valence-corrected chi connectivity index (χ0v) is 9.89. The van der Waals surface area contributed by atoms with Crippen molar-refractivity contribution in [3.8, 4) is 0 Å². The van der Waals surface area contributed by atoms with Gasteiger partial charge in [-0.2, -0.15) is 0 Å². The highest BCUT2D eigenvalue weighted by molar-refractivity contribution is 6.08. The molecule has 1 aliphatic heterocycles. The summed E-state index contributed by atoms with van der Waals surface area (Å²) in [4.78, 5) is 14.3. The summed E-state index contributed by atoms with van der Waals surface area (Å²) in [5, 5.41) is 0. The van der Waals surface area contributed by atoms with Crippen LogP contribution in [-0.2, 0) is 4.74 Å². The quantitative estimate of drug-likeness (QED) is 0.584. The molecule has 0 N–H and O–H groups in total. The molecular weight excluding hydrogens is 214 g/mol. The standard InChI is InChI=1S/C14H17NO2/c1-12(11-15-7-9-17-10-8-15)14(16)13-5-3-2-4-6-13/h2-6H,1,7-11H2. The molecule has 0 atom stereocenters. The third kappa shape index (κ3) is 3.25. The minimum atomic E-state index is 0.0390. The van der Waals surface area contributed by atoms with Crippen LogP contribution in [0.25, 0.3) is 0 Å². The molecule has 1 aromatic rings. The molecule has 0 saturated carbocycles. The normalized spacial score (nSPS) is 16.7. The van der Waals surface area contributed by atoms with Gasteiger partial charge in [0, 0.05) is 30.8 Å². The summed E-state index contributed by atoms with van der Waals surface area (Å²) >= 11 is 0. The van der Waals surface area contributed by atoms with E-state index in [9.17, 15) is 4.79 Å². The molecule has 1 saturated heterocycles. The highest BCUT2D eigenvalue weighted by Crippen LogP contribution is 2.09. The Hall–Kier alpha value is -1.45. The third-order valence-electron chi connectivity index (χ3n) is 2.88.